The topological polar surface area (TPSA) is 46.6 Å². The molecule has 104 valence electrons. The minimum atomic E-state index is 0.0232. The van der Waals surface area contributed by atoms with Gasteiger partial charge < -0.3 is 19.7 Å². The average molecular weight is 271 g/mol. The van der Waals surface area contributed by atoms with Crippen molar-refractivity contribution in [3.63, 3.8) is 0 Å². The fraction of sp³-hybridized carbons (Fsp3) is 0.267. The van der Waals surface area contributed by atoms with E-state index in [1.54, 1.807) is 20.4 Å². The second-order valence-corrected chi connectivity index (χ2v) is 4.66. The molecule has 3 rings (SSSR count). The molecule has 1 aliphatic heterocycles. The van der Waals surface area contributed by atoms with Crippen molar-refractivity contribution >= 4 is 11.4 Å². The first-order valence-corrected chi connectivity index (χ1v) is 6.40. The molecular formula is C15H17N3O2. The second kappa shape index (κ2) is 4.92. The maximum Gasteiger partial charge on any atom is 0.129 e. The fourth-order valence-corrected chi connectivity index (χ4v) is 2.50. The number of anilines is 2. The first-order valence-electron chi connectivity index (χ1n) is 6.40. The molecular weight excluding hydrogens is 254 g/mol. The van der Waals surface area contributed by atoms with Gasteiger partial charge in [0.05, 0.1) is 31.8 Å². The Labute approximate surface area is 118 Å². The summed E-state index contributed by atoms with van der Waals surface area (Å²) in [5, 5.41) is 3.48. The number of benzene rings is 1. The highest BCUT2D eigenvalue weighted by molar-refractivity contribution is 5.75. The van der Waals surface area contributed by atoms with Crippen molar-refractivity contribution in [1.82, 2.24) is 4.98 Å². The van der Waals surface area contributed by atoms with E-state index in [0.29, 0.717) is 0 Å². The van der Waals surface area contributed by atoms with E-state index in [1.165, 1.54) is 0 Å². The summed E-state index contributed by atoms with van der Waals surface area (Å²) >= 11 is 0. The van der Waals surface area contributed by atoms with Crippen LogP contribution in [0.4, 0.5) is 11.4 Å². The van der Waals surface area contributed by atoms with Crippen LogP contribution in [0, 0.1) is 0 Å². The zero-order valence-corrected chi connectivity index (χ0v) is 11.8. The number of fused-ring (bicyclic) bond motifs is 1. The first-order chi connectivity index (χ1) is 9.74. The Morgan fingerprint density at radius 1 is 1.20 bits per heavy atom. The molecule has 5 heteroatoms. The van der Waals surface area contributed by atoms with Crippen LogP contribution in [-0.4, -0.2) is 26.3 Å². The molecule has 2 heterocycles. The van der Waals surface area contributed by atoms with Crippen molar-refractivity contribution in [2.24, 2.45) is 0 Å². The molecule has 0 spiro atoms. The van der Waals surface area contributed by atoms with Crippen molar-refractivity contribution in [2.75, 3.05) is 31.5 Å². The van der Waals surface area contributed by atoms with Crippen LogP contribution in [0.1, 0.15) is 11.7 Å². The summed E-state index contributed by atoms with van der Waals surface area (Å²) in [5.74, 6) is 1.58. The zero-order chi connectivity index (χ0) is 14.1. The Morgan fingerprint density at radius 2 is 2.05 bits per heavy atom. The van der Waals surface area contributed by atoms with Crippen molar-refractivity contribution in [3.8, 4) is 11.5 Å². The molecule has 0 bridgehead atoms. The Kier molecular flexibility index (Phi) is 3.10. The number of nitrogens with zero attached hydrogens (tertiary/aromatic N) is 2. The quantitative estimate of drug-likeness (QED) is 0.930. The van der Waals surface area contributed by atoms with Crippen LogP contribution in [0.15, 0.2) is 36.7 Å². The molecule has 1 aromatic carbocycles. The van der Waals surface area contributed by atoms with Crippen molar-refractivity contribution < 1.29 is 9.47 Å². The molecule has 0 saturated heterocycles. The number of nitrogens with one attached hydrogen (secondary N) is 1. The highest BCUT2D eigenvalue weighted by atomic mass is 16.5. The minimum absolute atomic E-state index is 0.0232. The monoisotopic (exact) mass is 271 g/mol. The molecule has 1 unspecified atom stereocenters. The summed E-state index contributed by atoms with van der Waals surface area (Å²) in [6, 6.07) is 7.83. The van der Waals surface area contributed by atoms with Gasteiger partial charge in [-0.05, 0) is 18.2 Å². The van der Waals surface area contributed by atoms with Crippen LogP contribution in [0.3, 0.4) is 0 Å². The van der Waals surface area contributed by atoms with E-state index in [1.807, 2.05) is 37.5 Å². The van der Waals surface area contributed by atoms with Gasteiger partial charge in [-0.2, -0.15) is 0 Å². The molecule has 0 aliphatic carbocycles. The Hall–Kier alpha value is -2.43. The Balaban J connectivity index is 1.99. The molecule has 0 fully saturated rings. The zero-order valence-electron chi connectivity index (χ0n) is 11.8. The van der Waals surface area contributed by atoms with Crippen LogP contribution in [0.2, 0.25) is 0 Å². The molecule has 0 radical (unpaired) electrons. The standard InChI is InChI=1S/C15H17N3O2/c1-18-13-9-16-7-6-12(13)17-15(18)11-5-4-10(19-2)8-14(11)20-3/h4-9,15,17H,1-3H3. The van der Waals surface area contributed by atoms with E-state index < -0.39 is 0 Å². The lowest BCUT2D eigenvalue weighted by Gasteiger charge is -2.24. The molecule has 5 nitrogen and oxygen atoms in total. The minimum Gasteiger partial charge on any atom is -0.497 e. The van der Waals surface area contributed by atoms with Crippen molar-refractivity contribution in [3.05, 3.63) is 42.2 Å². The van der Waals surface area contributed by atoms with E-state index in [2.05, 4.69) is 15.2 Å². The van der Waals surface area contributed by atoms with Gasteiger partial charge in [0.25, 0.3) is 0 Å². The SMILES string of the molecule is COc1ccc(C2Nc3ccncc3N2C)c(OC)c1. The van der Waals surface area contributed by atoms with Crippen LogP contribution < -0.4 is 19.7 Å². The normalized spacial score (nSPS) is 16.6. The Morgan fingerprint density at radius 3 is 2.75 bits per heavy atom. The highest BCUT2D eigenvalue weighted by Gasteiger charge is 2.29. The molecule has 1 atom stereocenters. The van der Waals surface area contributed by atoms with Gasteiger partial charge >= 0.3 is 0 Å². The first kappa shape index (κ1) is 12.6. The predicted molar refractivity (Wildman–Crippen MR) is 78.5 cm³/mol. The summed E-state index contributed by atoms with van der Waals surface area (Å²) in [7, 11) is 5.35. The largest absolute Gasteiger partial charge is 0.497 e. The predicted octanol–water partition coefficient (Wildman–Crippen LogP) is 2.66. The van der Waals surface area contributed by atoms with Gasteiger partial charge in [-0.3, -0.25) is 4.98 Å². The highest BCUT2D eigenvalue weighted by Crippen LogP contribution is 2.42. The van der Waals surface area contributed by atoms with E-state index >= 15 is 0 Å². The Bertz CT molecular complexity index is 630. The van der Waals surface area contributed by atoms with E-state index in [9.17, 15) is 0 Å². The number of hydrogen-bond donors (Lipinski definition) is 1. The third kappa shape index (κ3) is 1.91. The fourth-order valence-electron chi connectivity index (χ4n) is 2.50. The number of aromatic nitrogens is 1. The maximum absolute atomic E-state index is 5.49. The third-order valence-electron chi connectivity index (χ3n) is 3.59. The second-order valence-electron chi connectivity index (χ2n) is 4.66. The summed E-state index contributed by atoms with van der Waals surface area (Å²) in [4.78, 5) is 6.32. The summed E-state index contributed by atoms with van der Waals surface area (Å²) in [6.45, 7) is 0. The maximum atomic E-state index is 5.49. The summed E-state index contributed by atoms with van der Waals surface area (Å²) < 4.78 is 10.7. The average Bonchev–Trinajstić information content (AvgIpc) is 2.84. The smallest absolute Gasteiger partial charge is 0.129 e. The lowest BCUT2D eigenvalue weighted by atomic mass is 10.1. The van der Waals surface area contributed by atoms with Gasteiger partial charge in [-0.15, -0.1) is 0 Å². The third-order valence-corrected chi connectivity index (χ3v) is 3.59. The van der Waals surface area contributed by atoms with Crippen molar-refractivity contribution in [2.45, 2.75) is 6.17 Å². The molecule has 1 aromatic heterocycles. The molecule has 0 amide bonds. The van der Waals surface area contributed by atoms with Gasteiger partial charge in [0.15, 0.2) is 0 Å². The number of pyridine rings is 1. The molecule has 1 aliphatic rings. The number of rotatable bonds is 3. The van der Waals surface area contributed by atoms with Crippen LogP contribution >= 0.6 is 0 Å². The van der Waals surface area contributed by atoms with Crippen molar-refractivity contribution in [1.29, 1.82) is 0 Å². The summed E-state index contributed by atoms with van der Waals surface area (Å²) in [5.41, 5.74) is 3.22. The van der Waals surface area contributed by atoms with E-state index in [-0.39, 0.29) is 6.17 Å². The molecule has 20 heavy (non-hydrogen) atoms. The van der Waals surface area contributed by atoms with Gasteiger partial charge in [-0.1, -0.05) is 0 Å². The lowest BCUT2D eigenvalue weighted by molar-refractivity contribution is 0.389. The van der Waals surface area contributed by atoms with Crippen LogP contribution in [-0.2, 0) is 0 Å². The molecule has 1 N–H and O–H groups in total. The summed E-state index contributed by atoms with van der Waals surface area (Å²) in [6.07, 6.45) is 3.67. The number of hydrogen-bond acceptors (Lipinski definition) is 5. The van der Waals surface area contributed by atoms with Gasteiger partial charge in [-0.25, -0.2) is 0 Å². The van der Waals surface area contributed by atoms with Crippen LogP contribution in [0.5, 0.6) is 11.5 Å². The van der Waals surface area contributed by atoms with Gasteiger partial charge in [0.1, 0.15) is 17.7 Å². The van der Waals surface area contributed by atoms with Crippen LogP contribution in [0.25, 0.3) is 0 Å². The molecule has 0 saturated carbocycles. The number of methoxy groups -OCH3 is 2. The van der Waals surface area contributed by atoms with Gasteiger partial charge in [0, 0.05) is 24.9 Å². The van der Waals surface area contributed by atoms with E-state index in [0.717, 1.165) is 28.4 Å². The van der Waals surface area contributed by atoms with E-state index in [4.69, 9.17) is 9.47 Å². The number of ether oxygens (including phenoxy) is 2. The molecule has 2 aromatic rings. The lowest BCUT2D eigenvalue weighted by Crippen LogP contribution is -2.24. The van der Waals surface area contributed by atoms with Gasteiger partial charge in [0.2, 0.25) is 0 Å².